The van der Waals surface area contributed by atoms with Crippen LogP contribution in [0.4, 0.5) is 5.82 Å². The summed E-state index contributed by atoms with van der Waals surface area (Å²) >= 11 is 0. The number of hydrogen-bond donors (Lipinski definition) is 2. The van der Waals surface area contributed by atoms with Gasteiger partial charge in [0, 0.05) is 31.7 Å². The molecule has 2 N–H and O–H groups in total. The van der Waals surface area contributed by atoms with Crippen molar-refractivity contribution in [3.8, 4) is 0 Å². The Morgan fingerprint density at radius 1 is 1.44 bits per heavy atom. The second kappa shape index (κ2) is 7.87. The maximum Gasteiger partial charge on any atom is 0.252 e. The highest BCUT2D eigenvalue weighted by Crippen LogP contribution is 2.08. The Morgan fingerprint density at radius 3 is 2.89 bits per heavy atom. The molecule has 0 fully saturated rings. The highest BCUT2D eigenvalue weighted by molar-refractivity contribution is 5.33. The number of rotatable bonds is 8. The molecule has 0 amide bonds. The molecule has 0 bridgehead atoms. The van der Waals surface area contributed by atoms with Crippen LogP contribution in [0.5, 0.6) is 0 Å². The fraction of sp³-hybridized carbons (Fsp3) is 0.692. The van der Waals surface area contributed by atoms with Crippen LogP contribution < -0.4 is 10.9 Å². The number of nitrogens with one attached hydrogen (secondary N) is 2. The lowest BCUT2D eigenvalue weighted by Crippen LogP contribution is -2.15. The third kappa shape index (κ3) is 5.31. The van der Waals surface area contributed by atoms with Gasteiger partial charge in [0.25, 0.3) is 5.56 Å². The number of aromatic amines is 1. The van der Waals surface area contributed by atoms with Crippen molar-refractivity contribution < 1.29 is 4.74 Å². The molecular weight excluding hydrogens is 230 g/mol. The average Bonchev–Trinajstić information content (AvgIpc) is 2.33. The molecular formula is C13H23N3O2. The van der Waals surface area contributed by atoms with Gasteiger partial charge in [0.1, 0.15) is 11.6 Å². The van der Waals surface area contributed by atoms with Gasteiger partial charge in [-0.1, -0.05) is 20.8 Å². The first-order valence-electron chi connectivity index (χ1n) is 6.56. The van der Waals surface area contributed by atoms with E-state index in [-0.39, 0.29) is 11.5 Å². The highest BCUT2D eigenvalue weighted by Gasteiger charge is 2.04. The molecule has 1 aromatic heterocycles. The summed E-state index contributed by atoms with van der Waals surface area (Å²) in [5.41, 5.74) is -0.113. The quantitative estimate of drug-likeness (QED) is 0.696. The Kier molecular flexibility index (Phi) is 6.43. The van der Waals surface area contributed by atoms with Crippen molar-refractivity contribution in [1.82, 2.24) is 9.97 Å². The van der Waals surface area contributed by atoms with Gasteiger partial charge in [0.05, 0.1) is 0 Å². The van der Waals surface area contributed by atoms with E-state index in [1.807, 2.05) is 13.8 Å². The standard InChI is InChI=1S/C13H23N3O2/c1-4-7-18-8-5-6-14-11-9-12(17)16-13(15-11)10(2)3/h9-10H,4-8H2,1-3H3,(H2,14,15,16,17). The van der Waals surface area contributed by atoms with Gasteiger partial charge in [-0.05, 0) is 12.8 Å². The molecule has 5 nitrogen and oxygen atoms in total. The van der Waals surface area contributed by atoms with Crippen molar-refractivity contribution in [3.63, 3.8) is 0 Å². The smallest absolute Gasteiger partial charge is 0.252 e. The Morgan fingerprint density at radius 2 is 2.22 bits per heavy atom. The van der Waals surface area contributed by atoms with E-state index in [4.69, 9.17) is 4.74 Å². The van der Waals surface area contributed by atoms with E-state index < -0.39 is 0 Å². The molecule has 0 atom stereocenters. The summed E-state index contributed by atoms with van der Waals surface area (Å²) in [5.74, 6) is 1.57. The molecule has 0 unspecified atom stereocenters. The van der Waals surface area contributed by atoms with E-state index in [0.717, 1.165) is 32.6 Å². The first kappa shape index (κ1) is 14.7. The van der Waals surface area contributed by atoms with E-state index >= 15 is 0 Å². The predicted molar refractivity (Wildman–Crippen MR) is 73.2 cm³/mol. The highest BCUT2D eigenvalue weighted by atomic mass is 16.5. The predicted octanol–water partition coefficient (Wildman–Crippen LogP) is 2.12. The van der Waals surface area contributed by atoms with Crippen LogP contribution in [-0.2, 0) is 4.74 Å². The van der Waals surface area contributed by atoms with Crippen LogP contribution in [0.15, 0.2) is 10.9 Å². The van der Waals surface area contributed by atoms with Crippen molar-refractivity contribution in [2.75, 3.05) is 25.1 Å². The Balaban J connectivity index is 2.40. The van der Waals surface area contributed by atoms with Crippen LogP contribution in [0.3, 0.4) is 0 Å². The minimum Gasteiger partial charge on any atom is -0.381 e. The van der Waals surface area contributed by atoms with E-state index in [1.54, 1.807) is 0 Å². The van der Waals surface area contributed by atoms with Crippen molar-refractivity contribution in [1.29, 1.82) is 0 Å². The maximum absolute atomic E-state index is 11.4. The fourth-order valence-corrected chi connectivity index (χ4v) is 1.48. The number of anilines is 1. The molecule has 0 radical (unpaired) electrons. The molecule has 0 saturated carbocycles. The summed E-state index contributed by atoms with van der Waals surface area (Å²) in [6.45, 7) is 8.40. The molecule has 18 heavy (non-hydrogen) atoms. The van der Waals surface area contributed by atoms with Crippen molar-refractivity contribution in [2.45, 2.75) is 39.5 Å². The maximum atomic E-state index is 11.4. The Bertz CT molecular complexity index is 401. The van der Waals surface area contributed by atoms with Gasteiger partial charge in [-0.3, -0.25) is 4.79 Å². The van der Waals surface area contributed by atoms with Crippen LogP contribution in [0.25, 0.3) is 0 Å². The minimum atomic E-state index is -0.113. The molecule has 0 saturated heterocycles. The number of H-pyrrole nitrogens is 1. The second-order valence-corrected chi connectivity index (χ2v) is 4.56. The van der Waals surface area contributed by atoms with Crippen molar-refractivity contribution in [3.05, 3.63) is 22.2 Å². The zero-order valence-corrected chi connectivity index (χ0v) is 11.5. The molecule has 1 aromatic rings. The minimum absolute atomic E-state index is 0.113. The molecule has 5 heteroatoms. The molecule has 1 rings (SSSR count). The normalized spacial score (nSPS) is 10.9. The van der Waals surface area contributed by atoms with Crippen molar-refractivity contribution >= 4 is 5.82 Å². The van der Waals surface area contributed by atoms with Gasteiger partial charge in [0.2, 0.25) is 0 Å². The van der Waals surface area contributed by atoms with Gasteiger partial charge >= 0.3 is 0 Å². The molecule has 0 aromatic carbocycles. The van der Waals surface area contributed by atoms with Gasteiger partial charge in [-0.2, -0.15) is 0 Å². The summed E-state index contributed by atoms with van der Waals surface area (Å²) in [7, 11) is 0. The SMILES string of the molecule is CCCOCCCNc1cc(=O)[nH]c(C(C)C)n1. The van der Waals surface area contributed by atoms with Crippen LogP contribution in [-0.4, -0.2) is 29.7 Å². The fourth-order valence-electron chi connectivity index (χ4n) is 1.48. The zero-order chi connectivity index (χ0) is 13.4. The summed E-state index contributed by atoms with van der Waals surface area (Å²) in [4.78, 5) is 18.5. The Hall–Kier alpha value is -1.36. The van der Waals surface area contributed by atoms with Crippen LogP contribution in [0, 0.1) is 0 Å². The molecule has 102 valence electrons. The number of nitrogens with zero attached hydrogens (tertiary/aromatic N) is 1. The van der Waals surface area contributed by atoms with Crippen molar-refractivity contribution in [2.24, 2.45) is 0 Å². The first-order chi connectivity index (χ1) is 8.63. The van der Waals surface area contributed by atoms with Crippen LogP contribution >= 0.6 is 0 Å². The number of aromatic nitrogens is 2. The molecule has 1 heterocycles. The molecule has 0 spiro atoms. The summed E-state index contributed by atoms with van der Waals surface area (Å²) < 4.78 is 5.38. The van der Waals surface area contributed by atoms with E-state index in [9.17, 15) is 4.79 Å². The monoisotopic (exact) mass is 253 g/mol. The third-order valence-corrected chi connectivity index (χ3v) is 2.43. The zero-order valence-electron chi connectivity index (χ0n) is 11.5. The van der Waals surface area contributed by atoms with Gasteiger partial charge in [-0.25, -0.2) is 4.98 Å². The Labute approximate surface area is 108 Å². The third-order valence-electron chi connectivity index (χ3n) is 2.43. The first-order valence-corrected chi connectivity index (χ1v) is 6.56. The lowest BCUT2D eigenvalue weighted by atomic mass is 10.2. The molecule has 0 aliphatic rings. The number of ether oxygens (including phenoxy) is 1. The topological polar surface area (TPSA) is 67.0 Å². The lowest BCUT2D eigenvalue weighted by Gasteiger charge is -2.09. The second-order valence-electron chi connectivity index (χ2n) is 4.56. The summed E-state index contributed by atoms with van der Waals surface area (Å²) in [6.07, 6.45) is 1.95. The van der Waals surface area contributed by atoms with E-state index in [1.165, 1.54) is 6.07 Å². The largest absolute Gasteiger partial charge is 0.381 e. The number of hydrogen-bond acceptors (Lipinski definition) is 4. The summed E-state index contributed by atoms with van der Waals surface area (Å²) in [5, 5.41) is 3.15. The average molecular weight is 253 g/mol. The van der Waals surface area contributed by atoms with Gasteiger partial charge in [-0.15, -0.1) is 0 Å². The lowest BCUT2D eigenvalue weighted by molar-refractivity contribution is 0.134. The molecule has 0 aliphatic heterocycles. The van der Waals surface area contributed by atoms with E-state index in [2.05, 4.69) is 22.2 Å². The van der Waals surface area contributed by atoms with Crippen LogP contribution in [0.1, 0.15) is 45.4 Å². The van der Waals surface area contributed by atoms with Gasteiger partial charge < -0.3 is 15.0 Å². The van der Waals surface area contributed by atoms with E-state index in [0.29, 0.717) is 11.6 Å². The van der Waals surface area contributed by atoms with Gasteiger partial charge in [0.15, 0.2) is 0 Å². The summed E-state index contributed by atoms with van der Waals surface area (Å²) in [6, 6.07) is 1.48. The molecule has 0 aliphatic carbocycles. The van der Waals surface area contributed by atoms with Crippen LogP contribution in [0.2, 0.25) is 0 Å².